The van der Waals surface area contributed by atoms with Crippen LogP contribution < -0.4 is 14.8 Å². The van der Waals surface area contributed by atoms with Crippen molar-refractivity contribution in [2.24, 2.45) is 0 Å². The monoisotopic (exact) mass is 446 g/mol. The molecule has 0 aromatic heterocycles. The van der Waals surface area contributed by atoms with Gasteiger partial charge in [0, 0.05) is 18.7 Å². The molecule has 0 saturated carbocycles. The molecule has 0 aliphatic carbocycles. The van der Waals surface area contributed by atoms with E-state index >= 15 is 0 Å². The summed E-state index contributed by atoms with van der Waals surface area (Å²) >= 11 is 6.47. The van der Waals surface area contributed by atoms with Gasteiger partial charge in [-0.25, -0.2) is 4.39 Å². The average Bonchev–Trinajstić information content (AvgIpc) is 2.99. The van der Waals surface area contributed by atoms with Crippen LogP contribution in [-0.4, -0.2) is 41.8 Å². The van der Waals surface area contributed by atoms with E-state index in [0.29, 0.717) is 26.4 Å². The number of halogens is 1. The Morgan fingerprint density at radius 2 is 1.97 bits per heavy atom. The summed E-state index contributed by atoms with van der Waals surface area (Å²) < 4.78 is 24.1. The minimum absolute atomic E-state index is 0.0343. The summed E-state index contributed by atoms with van der Waals surface area (Å²) in [7, 11) is 3.09. The van der Waals surface area contributed by atoms with Gasteiger partial charge in [-0.15, -0.1) is 0 Å². The number of benzene rings is 2. The summed E-state index contributed by atoms with van der Waals surface area (Å²) in [6.45, 7) is 0.134. The second-order valence-corrected chi connectivity index (χ2v) is 7.93. The van der Waals surface area contributed by atoms with Crippen molar-refractivity contribution in [3.8, 4) is 11.5 Å². The van der Waals surface area contributed by atoms with Crippen molar-refractivity contribution in [2.45, 2.75) is 6.42 Å². The number of amides is 2. The first kappa shape index (κ1) is 21.8. The molecule has 0 atom stereocenters. The van der Waals surface area contributed by atoms with Crippen LogP contribution in [0.25, 0.3) is 6.08 Å². The van der Waals surface area contributed by atoms with Gasteiger partial charge in [-0.1, -0.05) is 36.1 Å². The molecule has 1 aliphatic rings. The van der Waals surface area contributed by atoms with Crippen LogP contribution in [0.5, 0.6) is 11.5 Å². The number of anilines is 1. The molecule has 156 valence electrons. The molecule has 1 aliphatic heterocycles. The van der Waals surface area contributed by atoms with E-state index in [-0.39, 0.29) is 24.8 Å². The SMILES string of the molecule is COc1ccc(C=C2SC(=S)N(CCC(=O)Nc3cccc(F)c3)C2=O)cc1OC. The highest BCUT2D eigenvalue weighted by atomic mass is 32.2. The third-order valence-corrected chi connectivity index (χ3v) is 5.63. The largest absolute Gasteiger partial charge is 0.493 e. The van der Waals surface area contributed by atoms with Crippen LogP contribution in [0.2, 0.25) is 0 Å². The molecule has 1 saturated heterocycles. The molecule has 0 bridgehead atoms. The minimum atomic E-state index is -0.440. The lowest BCUT2D eigenvalue weighted by atomic mass is 10.2. The summed E-state index contributed by atoms with van der Waals surface area (Å²) in [4.78, 5) is 26.7. The van der Waals surface area contributed by atoms with Crippen molar-refractivity contribution in [3.63, 3.8) is 0 Å². The average molecular weight is 447 g/mol. The lowest BCUT2D eigenvalue weighted by Crippen LogP contribution is -2.31. The van der Waals surface area contributed by atoms with E-state index < -0.39 is 5.82 Å². The number of methoxy groups -OCH3 is 2. The Morgan fingerprint density at radius 1 is 1.20 bits per heavy atom. The van der Waals surface area contributed by atoms with Crippen molar-refractivity contribution in [1.82, 2.24) is 4.90 Å². The van der Waals surface area contributed by atoms with Crippen LogP contribution in [0.15, 0.2) is 47.4 Å². The second-order valence-electron chi connectivity index (χ2n) is 6.26. The number of thioether (sulfide) groups is 1. The Labute approximate surface area is 183 Å². The van der Waals surface area contributed by atoms with Crippen LogP contribution in [0.4, 0.5) is 10.1 Å². The maximum Gasteiger partial charge on any atom is 0.266 e. The van der Waals surface area contributed by atoms with Gasteiger partial charge in [-0.2, -0.15) is 0 Å². The molecule has 3 rings (SSSR count). The molecule has 0 unspecified atom stereocenters. The van der Waals surface area contributed by atoms with E-state index in [9.17, 15) is 14.0 Å². The zero-order valence-corrected chi connectivity index (χ0v) is 17.9. The maximum absolute atomic E-state index is 13.2. The number of thiocarbonyl (C=S) groups is 1. The van der Waals surface area contributed by atoms with Crippen molar-refractivity contribution >= 4 is 51.9 Å². The van der Waals surface area contributed by atoms with Crippen molar-refractivity contribution in [1.29, 1.82) is 0 Å². The number of carbonyl (C=O) groups is 2. The van der Waals surface area contributed by atoms with Crippen molar-refractivity contribution < 1.29 is 23.5 Å². The van der Waals surface area contributed by atoms with E-state index in [4.69, 9.17) is 21.7 Å². The Morgan fingerprint density at radius 3 is 2.67 bits per heavy atom. The van der Waals surface area contributed by atoms with Gasteiger partial charge in [-0.05, 0) is 42.0 Å². The van der Waals surface area contributed by atoms with E-state index in [1.807, 2.05) is 0 Å². The lowest BCUT2D eigenvalue weighted by Gasteiger charge is -2.14. The van der Waals surface area contributed by atoms with E-state index in [1.54, 1.807) is 37.5 Å². The number of hydrogen-bond donors (Lipinski definition) is 1. The predicted octanol–water partition coefficient (Wildman–Crippen LogP) is 4.07. The molecule has 30 heavy (non-hydrogen) atoms. The van der Waals surface area contributed by atoms with Gasteiger partial charge < -0.3 is 14.8 Å². The van der Waals surface area contributed by atoms with Crippen molar-refractivity contribution in [3.05, 3.63) is 58.8 Å². The van der Waals surface area contributed by atoms with E-state index in [0.717, 1.165) is 5.56 Å². The zero-order valence-electron chi connectivity index (χ0n) is 16.3. The van der Waals surface area contributed by atoms with Crippen LogP contribution in [0, 0.1) is 5.82 Å². The van der Waals surface area contributed by atoms with Gasteiger partial charge in [-0.3, -0.25) is 14.5 Å². The molecule has 0 spiro atoms. The van der Waals surface area contributed by atoms with Gasteiger partial charge in [0.15, 0.2) is 11.5 Å². The van der Waals surface area contributed by atoms with Crippen LogP contribution in [0.1, 0.15) is 12.0 Å². The fourth-order valence-electron chi connectivity index (χ4n) is 2.79. The third-order valence-electron chi connectivity index (χ3n) is 4.25. The molecule has 1 N–H and O–H groups in total. The number of hydrogen-bond acceptors (Lipinski definition) is 6. The second kappa shape index (κ2) is 9.73. The zero-order chi connectivity index (χ0) is 21.7. The van der Waals surface area contributed by atoms with Crippen LogP contribution in [-0.2, 0) is 9.59 Å². The van der Waals surface area contributed by atoms with Gasteiger partial charge in [0.05, 0.1) is 19.1 Å². The van der Waals surface area contributed by atoms with Crippen LogP contribution >= 0.6 is 24.0 Å². The Balaban J connectivity index is 1.64. The first-order valence-electron chi connectivity index (χ1n) is 8.94. The summed E-state index contributed by atoms with van der Waals surface area (Å²) in [6, 6.07) is 10.9. The summed E-state index contributed by atoms with van der Waals surface area (Å²) in [5.74, 6) is 0.101. The Bertz CT molecular complexity index is 1030. The minimum Gasteiger partial charge on any atom is -0.493 e. The molecule has 1 fully saturated rings. The first-order chi connectivity index (χ1) is 14.4. The fourth-order valence-corrected chi connectivity index (χ4v) is 4.10. The standard InChI is InChI=1S/C21H19FN2O4S2/c1-27-16-7-6-13(10-17(16)28-2)11-18-20(26)24(21(29)30-18)9-8-19(25)23-15-5-3-4-14(22)12-15/h3-7,10-12H,8-9H2,1-2H3,(H,23,25). The molecule has 2 amide bonds. The molecular weight excluding hydrogens is 427 g/mol. The normalized spacial score (nSPS) is 14.9. The topological polar surface area (TPSA) is 67.9 Å². The highest BCUT2D eigenvalue weighted by Gasteiger charge is 2.32. The Hall–Kier alpha value is -2.91. The number of nitrogens with one attached hydrogen (secondary N) is 1. The van der Waals surface area contributed by atoms with Crippen LogP contribution in [0.3, 0.4) is 0 Å². The predicted molar refractivity (Wildman–Crippen MR) is 119 cm³/mol. The molecular formula is C21H19FN2O4S2. The van der Waals surface area contributed by atoms with Gasteiger partial charge in [0.1, 0.15) is 10.1 Å². The number of nitrogens with zero attached hydrogens (tertiary/aromatic N) is 1. The van der Waals surface area contributed by atoms with Gasteiger partial charge in [0.2, 0.25) is 5.91 Å². The first-order valence-corrected chi connectivity index (χ1v) is 10.2. The van der Waals surface area contributed by atoms with E-state index in [1.165, 1.54) is 42.0 Å². The maximum atomic E-state index is 13.2. The summed E-state index contributed by atoms with van der Waals surface area (Å²) in [6.07, 6.45) is 1.75. The van der Waals surface area contributed by atoms with Gasteiger partial charge >= 0.3 is 0 Å². The fraction of sp³-hybridized carbons (Fsp3) is 0.190. The van der Waals surface area contributed by atoms with E-state index in [2.05, 4.69) is 5.32 Å². The molecule has 9 heteroatoms. The number of carbonyl (C=O) groups excluding carboxylic acids is 2. The summed E-state index contributed by atoms with van der Waals surface area (Å²) in [5, 5.41) is 2.60. The highest BCUT2D eigenvalue weighted by molar-refractivity contribution is 8.26. The quantitative estimate of drug-likeness (QED) is 0.511. The molecule has 6 nitrogen and oxygen atoms in total. The lowest BCUT2D eigenvalue weighted by molar-refractivity contribution is -0.122. The summed E-state index contributed by atoms with van der Waals surface area (Å²) in [5.41, 5.74) is 1.12. The van der Waals surface area contributed by atoms with Gasteiger partial charge in [0.25, 0.3) is 5.91 Å². The molecule has 0 radical (unpaired) electrons. The smallest absolute Gasteiger partial charge is 0.266 e. The highest BCUT2D eigenvalue weighted by Crippen LogP contribution is 2.34. The Kier molecular flexibility index (Phi) is 7.07. The molecule has 2 aromatic carbocycles. The number of ether oxygens (including phenoxy) is 2. The van der Waals surface area contributed by atoms with Crippen molar-refractivity contribution in [2.75, 3.05) is 26.1 Å². The molecule has 2 aromatic rings. The third kappa shape index (κ3) is 5.17. The molecule has 1 heterocycles. The number of rotatable bonds is 7.